The zero-order chi connectivity index (χ0) is 29.4. The monoisotopic (exact) mass is 580 g/mol. The molecule has 1 unspecified atom stereocenters. The molecule has 0 heterocycles. The Kier molecular flexibility index (Phi) is 10.1. The van der Waals surface area contributed by atoms with Gasteiger partial charge in [0.2, 0.25) is 11.8 Å². The van der Waals surface area contributed by atoms with Crippen molar-refractivity contribution in [1.82, 2.24) is 14.5 Å². The first-order chi connectivity index (χ1) is 19.7. The van der Waals surface area contributed by atoms with Gasteiger partial charge < -0.3 is 10.2 Å². The Labute approximate surface area is 241 Å². The number of benzene rings is 3. The fourth-order valence-corrected chi connectivity index (χ4v) is 6.12. The number of nitrogens with zero attached hydrogens (tertiary/aromatic N) is 3. The highest BCUT2D eigenvalue weighted by Gasteiger charge is 2.36. The van der Waals surface area contributed by atoms with Crippen molar-refractivity contribution in [2.45, 2.75) is 50.7 Å². The van der Waals surface area contributed by atoms with E-state index in [4.69, 9.17) is 0 Å². The van der Waals surface area contributed by atoms with Gasteiger partial charge in [-0.25, -0.2) is 8.70 Å². The molecule has 4 rings (SSSR count). The van der Waals surface area contributed by atoms with Gasteiger partial charge in [-0.2, -0.15) is 12.7 Å². The molecule has 0 bridgehead atoms. The molecule has 0 saturated heterocycles. The first-order valence-corrected chi connectivity index (χ1v) is 15.2. The second-order valence-corrected chi connectivity index (χ2v) is 12.5. The lowest BCUT2D eigenvalue weighted by molar-refractivity contribution is -0.140. The zero-order valence-corrected chi connectivity index (χ0v) is 24.3. The van der Waals surface area contributed by atoms with Crippen LogP contribution in [-0.4, -0.2) is 62.2 Å². The van der Waals surface area contributed by atoms with Crippen LogP contribution in [0.5, 0.6) is 0 Å². The summed E-state index contributed by atoms with van der Waals surface area (Å²) in [5.74, 6) is -1.69. The number of nitrogens with one attached hydrogen (secondary N) is 1. The van der Waals surface area contributed by atoms with Crippen molar-refractivity contribution >= 4 is 27.7 Å². The van der Waals surface area contributed by atoms with Crippen LogP contribution < -0.4 is 9.62 Å². The molecular weight excluding hydrogens is 543 g/mol. The van der Waals surface area contributed by atoms with Crippen molar-refractivity contribution in [1.29, 1.82) is 0 Å². The molecule has 0 spiro atoms. The van der Waals surface area contributed by atoms with Crippen molar-refractivity contribution in [3.8, 4) is 0 Å². The Morgan fingerprint density at radius 2 is 1.44 bits per heavy atom. The number of carbonyl (C=O) groups excluding carboxylic acids is 2. The van der Waals surface area contributed by atoms with Crippen LogP contribution >= 0.6 is 0 Å². The van der Waals surface area contributed by atoms with Gasteiger partial charge in [0.1, 0.15) is 18.4 Å². The number of rotatable bonds is 12. The van der Waals surface area contributed by atoms with Gasteiger partial charge in [0.25, 0.3) is 0 Å². The number of amides is 2. The zero-order valence-electron chi connectivity index (χ0n) is 23.4. The third kappa shape index (κ3) is 7.71. The largest absolute Gasteiger partial charge is 0.352 e. The van der Waals surface area contributed by atoms with Crippen molar-refractivity contribution in [2.24, 2.45) is 0 Å². The van der Waals surface area contributed by atoms with E-state index in [0.29, 0.717) is 0 Å². The molecule has 1 atom stereocenters. The van der Waals surface area contributed by atoms with Crippen LogP contribution in [0.15, 0.2) is 84.9 Å². The SMILES string of the molecule is CN(C)S(=O)(=O)N(CC(=O)N(Cc1ccccc1)C(Cc1ccccc1)C(=O)NC1CCCC1)c1ccccc1F. The van der Waals surface area contributed by atoms with E-state index in [2.05, 4.69) is 5.32 Å². The number of hydrogen-bond donors (Lipinski definition) is 1. The molecule has 0 radical (unpaired) electrons. The van der Waals surface area contributed by atoms with E-state index in [0.717, 1.165) is 51.5 Å². The Bertz CT molecular complexity index is 1410. The van der Waals surface area contributed by atoms with E-state index in [9.17, 15) is 22.4 Å². The summed E-state index contributed by atoms with van der Waals surface area (Å²) in [7, 11) is -1.62. The summed E-state index contributed by atoms with van der Waals surface area (Å²) in [4.78, 5) is 29.5. The van der Waals surface area contributed by atoms with E-state index < -0.39 is 34.5 Å². The number of carbonyl (C=O) groups is 2. The van der Waals surface area contributed by atoms with Gasteiger partial charge in [0.05, 0.1) is 5.69 Å². The molecule has 3 aromatic rings. The fourth-order valence-electron chi connectivity index (χ4n) is 5.06. The molecule has 8 nitrogen and oxygen atoms in total. The molecule has 1 saturated carbocycles. The van der Waals surface area contributed by atoms with Gasteiger partial charge in [0, 0.05) is 33.1 Å². The molecule has 1 aliphatic carbocycles. The molecule has 218 valence electrons. The van der Waals surface area contributed by atoms with E-state index in [1.807, 2.05) is 60.7 Å². The van der Waals surface area contributed by atoms with Crippen molar-refractivity contribution < 1.29 is 22.4 Å². The maximum absolute atomic E-state index is 14.9. The van der Waals surface area contributed by atoms with Crippen LogP contribution in [0.2, 0.25) is 0 Å². The molecule has 1 aliphatic rings. The predicted octanol–water partition coefficient (Wildman–Crippen LogP) is 4.14. The van der Waals surface area contributed by atoms with Crippen molar-refractivity contribution in [2.75, 3.05) is 24.9 Å². The Morgan fingerprint density at radius 3 is 2.02 bits per heavy atom. The second kappa shape index (κ2) is 13.7. The molecule has 0 aromatic heterocycles. The lowest BCUT2D eigenvalue weighted by Crippen LogP contribution is -2.55. The quantitative estimate of drug-likeness (QED) is 0.349. The average Bonchev–Trinajstić information content (AvgIpc) is 3.48. The maximum Gasteiger partial charge on any atom is 0.304 e. The molecule has 2 amide bonds. The average molecular weight is 581 g/mol. The van der Waals surface area contributed by atoms with E-state index in [1.165, 1.54) is 37.2 Å². The van der Waals surface area contributed by atoms with Crippen LogP contribution in [0, 0.1) is 5.82 Å². The Hall–Kier alpha value is -3.76. The van der Waals surface area contributed by atoms with Crippen LogP contribution in [0.25, 0.3) is 0 Å². The predicted molar refractivity (Wildman–Crippen MR) is 158 cm³/mol. The molecule has 0 aliphatic heterocycles. The summed E-state index contributed by atoms with van der Waals surface area (Å²) in [6, 6.07) is 23.2. The number of para-hydroxylation sites is 1. The Balaban J connectivity index is 1.74. The van der Waals surface area contributed by atoms with Gasteiger partial charge in [-0.3, -0.25) is 9.59 Å². The van der Waals surface area contributed by atoms with Gasteiger partial charge in [-0.15, -0.1) is 0 Å². The molecule has 3 aromatic carbocycles. The first kappa shape index (κ1) is 30.2. The third-order valence-corrected chi connectivity index (χ3v) is 9.11. The van der Waals surface area contributed by atoms with Gasteiger partial charge >= 0.3 is 10.2 Å². The van der Waals surface area contributed by atoms with E-state index >= 15 is 0 Å². The topological polar surface area (TPSA) is 90.0 Å². The lowest BCUT2D eigenvalue weighted by atomic mass is 10.0. The van der Waals surface area contributed by atoms with Gasteiger partial charge in [-0.05, 0) is 36.1 Å². The highest BCUT2D eigenvalue weighted by molar-refractivity contribution is 7.90. The molecular formula is C31H37FN4O4S. The highest BCUT2D eigenvalue weighted by Crippen LogP contribution is 2.25. The summed E-state index contributed by atoms with van der Waals surface area (Å²) in [6.45, 7) is -0.612. The number of anilines is 1. The van der Waals surface area contributed by atoms with Crippen molar-refractivity contribution in [3.63, 3.8) is 0 Å². The summed E-state index contributed by atoms with van der Waals surface area (Å²) in [5.41, 5.74) is 1.39. The third-order valence-electron chi connectivity index (χ3n) is 7.31. The molecule has 41 heavy (non-hydrogen) atoms. The number of halogens is 1. The first-order valence-electron chi connectivity index (χ1n) is 13.8. The van der Waals surface area contributed by atoms with Crippen LogP contribution in [-0.2, 0) is 32.8 Å². The van der Waals surface area contributed by atoms with Crippen LogP contribution in [0.3, 0.4) is 0 Å². The summed E-state index contributed by atoms with van der Waals surface area (Å²) in [6.07, 6.45) is 4.04. The summed E-state index contributed by atoms with van der Waals surface area (Å²) < 4.78 is 43.3. The molecule has 1 fully saturated rings. The van der Waals surface area contributed by atoms with Gasteiger partial charge in [-0.1, -0.05) is 85.6 Å². The summed E-state index contributed by atoms with van der Waals surface area (Å²) in [5, 5.41) is 3.13. The van der Waals surface area contributed by atoms with Crippen molar-refractivity contribution in [3.05, 3.63) is 102 Å². The maximum atomic E-state index is 14.9. The fraction of sp³-hybridized carbons (Fsp3) is 0.355. The smallest absolute Gasteiger partial charge is 0.304 e. The molecule has 1 N–H and O–H groups in total. The molecule has 10 heteroatoms. The van der Waals surface area contributed by atoms with Crippen LogP contribution in [0.4, 0.5) is 10.1 Å². The van der Waals surface area contributed by atoms with E-state index in [1.54, 1.807) is 0 Å². The Morgan fingerprint density at radius 1 is 0.878 bits per heavy atom. The summed E-state index contributed by atoms with van der Waals surface area (Å²) >= 11 is 0. The minimum atomic E-state index is -4.26. The normalized spacial score (nSPS) is 14.5. The highest BCUT2D eigenvalue weighted by atomic mass is 32.2. The van der Waals surface area contributed by atoms with E-state index in [-0.39, 0.29) is 30.6 Å². The number of hydrogen-bond acceptors (Lipinski definition) is 4. The minimum absolute atomic E-state index is 0.0264. The van der Waals surface area contributed by atoms with Gasteiger partial charge in [0.15, 0.2) is 0 Å². The minimum Gasteiger partial charge on any atom is -0.352 e. The standard InChI is InChI=1S/C31H37FN4O4S/c1-34(2)41(39,40)36(28-20-12-11-19-27(28)32)23-30(37)35(22-25-15-7-4-8-16-25)29(21-24-13-5-3-6-14-24)31(38)33-26-17-9-10-18-26/h3-8,11-16,19-20,26,29H,9-10,17-18,21-23H2,1-2H3,(H,33,38). The lowest BCUT2D eigenvalue weighted by Gasteiger charge is -2.35. The van der Waals surface area contributed by atoms with Crippen LogP contribution in [0.1, 0.15) is 36.8 Å². The second-order valence-electron chi connectivity index (χ2n) is 10.5.